The van der Waals surface area contributed by atoms with E-state index in [1.54, 1.807) is 12.1 Å². The third kappa shape index (κ3) is 4.91. The molecule has 0 spiro atoms. The highest BCUT2D eigenvalue weighted by atomic mass is 16.6. The van der Waals surface area contributed by atoms with Crippen molar-refractivity contribution in [3.63, 3.8) is 0 Å². The fourth-order valence-corrected chi connectivity index (χ4v) is 3.92. The van der Waals surface area contributed by atoms with Gasteiger partial charge in [0.05, 0.1) is 12.1 Å². The number of esters is 1. The number of hydrogen-bond acceptors (Lipinski definition) is 3. The highest BCUT2D eigenvalue weighted by molar-refractivity contribution is 5.97. The summed E-state index contributed by atoms with van der Waals surface area (Å²) in [6.45, 7) is 8.11. The van der Waals surface area contributed by atoms with Crippen molar-refractivity contribution >= 4 is 17.6 Å². The Bertz CT molecular complexity index is 1140. The van der Waals surface area contributed by atoms with Gasteiger partial charge in [-0.1, -0.05) is 48.0 Å². The van der Waals surface area contributed by atoms with Gasteiger partial charge in [-0.15, -0.1) is 0 Å². The summed E-state index contributed by atoms with van der Waals surface area (Å²) in [7, 11) is 0. The number of rotatable bonds is 4. The lowest BCUT2D eigenvalue weighted by Crippen LogP contribution is -2.34. The van der Waals surface area contributed by atoms with Gasteiger partial charge < -0.3 is 9.64 Å². The molecule has 0 unspecified atom stereocenters. The van der Waals surface area contributed by atoms with Gasteiger partial charge in [-0.05, 0) is 80.6 Å². The van der Waals surface area contributed by atoms with Gasteiger partial charge >= 0.3 is 5.97 Å². The molecule has 4 nitrogen and oxygen atoms in total. The van der Waals surface area contributed by atoms with Gasteiger partial charge in [-0.3, -0.25) is 4.79 Å². The van der Waals surface area contributed by atoms with E-state index >= 15 is 0 Å². The Morgan fingerprint density at radius 2 is 1.56 bits per heavy atom. The van der Waals surface area contributed by atoms with Gasteiger partial charge in [-0.25, -0.2) is 4.79 Å². The highest BCUT2D eigenvalue weighted by Gasteiger charge is 2.25. The fraction of sp³-hybridized carbons (Fsp3) is 0.286. The van der Waals surface area contributed by atoms with E-state index in [1.165, 1.54) is 22.3 Å². The molecular weight excluding hydrogens is 398 g/mol. The summed E-state index contributed by atoms with van der Waals surface area (Å²) in [5.41, 5.74) is 6.69. The summed E-state index contributed by atoms with van der Waals surface area (Å²) in [5, 5.41) is 0. The number of amides is 1. The molecule has 1 amide bonds. The minimum atomic E-state index is -0.531. The van der Waals surface area contributed by atoms with Crippen LogP contribution in [0.1, 0.15) is 54.2 Å². The first-order valence-corrected chi connectivity index (χ1v) is 11.0. The molecule has 0 saturated heterocycles. The van der Waals surface area contributed by atoms with Crippen molar-refractivity contribution in [3.05, 3.63) is 89.0 Å². The second kappa shape index (κ2) is 8.62. The van der Waals surface area contributed by atoms with Crippen molar-refractivity contribution in [2.75, 3.05) is 4.90 Å². The van der Waals surface area contributed by atoms with E-state index in [2.05, 4.69) is 49.4 Å². The van der Waals surface area contributed by atoms with E-state index in [4.69, 9.17) is 4.74 Å². The Hall–Kier alpha value is -3.40. The Balaban J connectivity index is 1.54. The standard InChI is InChI=1S/C28H29NO3/c1-19-5-9-21(10-6-19)23-13-15-25-24(17-23)14-16-26(30)29(25)18-20-7-11-22(12-8-20)27(31)32-28(2,3)4/h5-13,15,17H,14,16,18H2,1-4H3. The smallest absolute Gasteiger partial charge is 0.338 e. The van der Waals surface area contributed by atoms with Crippen molar-refractivity contribution in [2.45, 2.75) is 52.7 Å². The first-order valence-electron chi connectivity index (χ1n) is 11.0. The lowest BCUT2D eigenvalue weighted by molar-refractivity contribution is -0.119. The average molecular weight is 428 g/mol. The molecule has 164 valence electrons. The summed E-state index contributed by atoms with van der Waals surface area (Å²) in [5.74, 6) is -0.219. The van der Waals surface area contributed by atoms with E-state index in [0.29, 0.717) is 18.5 Å². The van der Waals surface area contributed by atoms with Crippen LogP contribution in [0.3, 0.4) is 0 Å². The lowest BCUT2D eigenvalue weighted by Gasteiger charge is -2.30. The number of aryl methyl sites for hydroxylation is 2. The van der Waals surface area contributed by atoms with Gasteiger partial charge in [0, 0.05) is 12.1 Å². The number of ether oxygens (including phenoxy) is 1. The molecule has 0 fully saturated rings. The molecule has 1 heterocycles. The van der Waals surface area contributed by atoms with Crippen LogP contribution >= 0.6 is 0 Å². The molecule has 1 aliphatic heterocycles. The topological polar surface area (TPSA) is 46.6 Å². The second-order valence-electron chi connectivity index (χ2n) is 9.39. The van der Waals surface area contributed by atoms with Gasteiger partial charge in [0.1, 0.15) is 5.60 Å². The molecule has 0 N–H and O–H groups in total. The monoisotopic (exact) mass is 427 g/mol. The second-order valence-corrected chi connectivity index (χ2v) is 9.39. The molecule has 0 bridgehead atoms. The maximum Gasteiger partial charge on any atom is 0.338 e. The molecule has 0 radical (unpaired) electrons. The maximum atomic E-state index is 12.7. The van der Waals surface area contributed by atoms with E-state index in [1.807, 2.05) is 37.8 Å². The van der Waals surface area contributed by atoms with Gasteiger partial charge in [0.15, 0.2) is 0 Å². The SMILES string of the molecule is Cc1ccc(-c2ccc3c(c2)CCC(=O)N3Cc2ccc(C(=O)OC(C)(C)C)cc2)cc1. The molecular formula is C28H29NO3. The number of anilines is 1. The average Bonchev–Trinajstić information content (AvgIpc) is 2.75. The van der Waals surface area contributed by atoms with E-state index < -0.39 is 5.60 Å². The number of nitrogens with zero attached hydrogens (tertiary/aromatic N) is 1. The van der Waals surface area contributed by atoms with Crippen molar-refractivity contribution < 1.29 is 14.3 Å². The molecule has 4 heteroatoms. The molecule has 0 atom stereocenters. The van der Waals surface area contributed by atoms with E-state index in [9.17, 15) is 9.59 Å². The molecule has 3 aromatic carbocycles. The summed E-state index contributed by atoms with van der Waals surface area (Å²) >= 11 is 0. The van der Waals surface area contributed by atoms with Gasteiger partial charge in [-0.2, -0.15) is 0 Å². The zero-order valence-electron chi connectivity index (χ0n) is 19.1. The lowest BCUT2D eigenvalue weighted by atomic mass is 9.95. The van der Waals surface area contributed by atoms with Crippen molar-refractivity contribution in [3.8, 4) is 11.1 Å². The Labute approximate surface area is 189 Å². The van der Waals surface area contributed by atoms with Crippen LogP contribution in [-0.4, -0.2) is 17.5 Å². The van der Waals surface area contributed by atoms with E-state index in [0.717, 1.165) is 17.7 Å². The highest BCUT2D eigenvalue weighted by Crippen LogP contribution is 2.33. The molecule has 32 heavy (non-hydrogen) atoms. The number of fused-ring (bicyclic) bond motifs is 1. The summed E-state index contributed by atoms with van der Waals surface area (Å²) in [6, 6.07) is 22.1. The molecule has 4 rings (SSSR count). The molecule has 0 aromatic heterocycles. The largest absolute Gasteiger partial charge is 0.456 e. The van der Waals surface area contributed by atoms with Gasteiger partial charge in [0.25, 0.3) is 0 Å². The number of carbonyl (C=O) groups is 2. The van der Waals surface area contributed by atoms with Crippen LogP contribution < -0.4 is 4.90 Å². The minimum Gasteiger partial charge on any atom is -0.456 e. The fourth-order valence-electron chi connectivity index (χ4n) is 3.92. The molecule has 3 aromatic rings. The first kappa shape index (κ1) is 21.8. The van der Waals surface area contributed by atoms with Crippen molar-refractivity contribution in [1.82, 2.24) is 0 Å². The zero-order valence-corrected chi connectivity index (χ0v) is 19.1. The molecule has 0 saturated carbocycles. The predicted octanol–water partition coefficient (Wildman–Crippen LogP) is 6.10. The van der Waals surface area contributed by atoms with Crippen LogP contribution in [0.2, 0.25) is 0 Å². The Morgan fingerprint density at radius 3 is 2.22 bits per heavy atom. The number of benzene rings is 3. The van der Waals surface area contributed by atoms with Gasteiger partial charge in [0.2, 0.25) is 5.91 Å². The normalized spacial score (nSPS) is 13.6. The summed E-state index contributed by atoms with van der Waals surface area (Å²) in [6.07, 6.45) is 1.25. The van der Waals surface area contributed by atoms with Crippen LogP contribution in [0.15, 0.2) is 66.7 Å². The summed E-state index contributed by atoms with van der Waals surface area (Å²) < 4.78 is 5.43. The number of hydrogen-bond donors (Lipinski definition) is 0. The Morgan fingerprint density at radius 1 is 0.906 bits per heavy atom. The van der Waals surface area contributed by atoms with Crippen LogP contribution in [0.5, 0.6) is 0 Å². The number of carbonyl (C=O) groups excluding carboxylic acids is 2. The predicted molar refractivity (Wildman–Crippen MR) is 128 cm³/mol. The quantitative estimate of drug-likeness (QED) is 0.473. The van der Waals surface area contributed by atoms with Crippen LogP contribution in [0.4, 0.5) is 5.69 Å². The Kier molecular flexibility index (Phi) is 5.88. The molecule has 0 aliphatic carbocycles. The van der Waals surface area contributed by atoms with Crippen LogP contribution in [-0.2, 0) is 22.5 Å². The zero-order chi connectivity index (χ0) is 22.9. The third-order valence-corrected chi connectivity index (χ3v) is 5.59. The first-order chi connectivity index (χ1) is 15.2. The molecule has 1 aliphatic rings. The van der Waals surface area contributed by atoms with Crippen LogP contribution in [0.25, 0.3) is 11.1 Å². The van der Waals surface area contributed by atoms with Crippen molar-refractivity contribution in [2.24, 2.45) is 0 Å². The van der Waals surface area contributed by atoms with E-state index in [-0.39, 0.29) is 11.9 Å². The van der Waals surface area contributed by atoms with Crippen LogP contribution in [0, 0.1) is 6.92 Å². The summed E-state index contributed by atoms with van der Waals surface area (Å²) in [4.78, 5) is 26.8. The maximum absolute atomic E-state index is 12.7. The van der Waals surface area contributed by atoms with Crippen molar-refractivity contribution in [1.29, 1.82) is 0 Å². The minimum absolute atomic E-state index is 0.122. The third-order valence-electron chi connectivity index (χ3n) is 5.59.